The predicted molar refractivity (Wildman–Crippen MR) is 44.9 cm³/mol. The number of hydrogen-bond acceptors (Lipinski definition) is 4. The number of hydrogen-bond donors (Lipinski definition) is 0. The Kier molecular flexibility index (Phi) is 4.08. The average molecular weight is 183 g/mol. The minimum absolute atomic E-state index is 0.0360. The SMILES string of the molecule is Cc1coc(C(C)(C)C)n1.O=C=O. The lowest BCUT2D eigenvalue weighted by atomic mass is 9.97. The van der Waals surface area contributed by atoms with Crippen molar-refractivity contribution in [3.05, 3.63) is 17.8 Å². The largest absolute Gasteiger partial charge is 0.448 e. The van der Waals surface area contributed by atoms with Crippen LogP contribution in [-0.2, 0) is 15.0 Å². The van der Waals surface area contributed by atoms with Crippen LogP contribution < -0.4 is 0 Å². The molecule has 0 aliphatic heterocycles. The summed E-state index contributed by atoms with van der Waals surface area (Å²) in [7, 11) is 0. The second kappa shape index (κ2) is 4.58. The summed E-state index contributed by atoms with van der Waals surface area (Å²) < 4.78 is 5.22. The van der Waals surface area contributed by atoms with Crippen LogP contribution in [0.15, 0.2) is 10.7 Å². The van der Waals surface area contributed by atoms with Gasteiger partial charge >= 0.3 is 6.15 Å². The van der Waals surface area contributed by atoms with Crippen molar-refractivity contribution in [2.24, 2.45) is 0 Å². The van der Waals surface area contributed by atoms with Crippen LogP contribution in [-0.4, -0.2) is 11.1 Å². The van der Waals surface area contributed by atoms with Crippen molar-refractivity contribution >= 4 is 6.15 Å². The molecule has 72 valence electrons. The second-order valence-corrected chi connectivity index (χ2v) is 3.63. The summed E-state index contributed by atoms with van der Waals surface area (Å²) >= 11 is 0. The molecule has 0 spiro atoms. The van der Waals surface area contributed by atoms with Crippen LogP contribution in [0.4, 0.5) is 0 Å². The predicted octanol–water partition coefficient (Wildman–Crippen LogP) is 1.70. The van der Waals surface area contributed by atoms with Crippen LogP contribution in [0, 0.1) is 6.92 Å². The highest BCUT2D eigenvalue weighted by molar-refractivity contribution is 5.20. The first-order chi connectivity index (χ1) is 5.91. The molecule has 0 aromatic carbocycles. The van der Waals surface area contributed by atoms with E-state index in [1.54, 1.807) is 6.26 Å². The molecule has 0 amide bonds. The molecule has 0 saturated carbocycles. The zero-order valence-corrected chi connectivity index (χ0v) is 8.25. The van der Waals surface area contributed by atoms with Crippen LogP contribution in [0.3, 0.4) is 0 Å². The molecular formula is C9H13NO3. The quantitative estimate of drug-likeness (QED) is 0.614. The molecular weight excluding hydrogens is 170 g/mol. The lowest BCUT2D eigenvalue weighted by Crippen LogP contribution is -2.11. The summed E-state index contributed by atoms with van der Waals surface area (Å²) in [6.07, 6.45) is 1.93. The molecule has 1 aromatic heterocycles. The summed E-state index contributed by atoms with van der Waals surface area (Å²) in [6, 6.07) is 0. The Balaban J connectivity index is 0.000000424. The number of oxazole rings is 1. The van der Waals surface area contributed by atoms with Gasteiger partial charge in [0.2, 0.25) is 0 Å². The molecule has 4 nitrogen and oxygen atoms in total. The molecule has 1 aromatic rings. The summed E-state index contributed by atoms with van der Waals surface area (Å²) in [5.41, 5.74) is 0.985. The van der Waals surface area contributed by atoms with Crippen molar-refractivity contribution in [1.29, 1.82) is 0 Å². The standard InChI is InChI=1S/C8H13NO.CO2/c1-6-5-10-7(9-6)8(2,3)4;2-1-3/h5H,1-4H3;. The van der Waals surface area contributed by atoms with Crippen LogP contribution in [0.5, 0.6) is 0 Å². The Labute approximate surface area is 77.0 Å². The molecule has 0 N–H and O–H groups in total. The van der Waals surface area contributed by atoms with Gasteiger partial charge in [-0.2, -0.15) is 9.59 Å². The van der Waals surface area contributed by atoms with E-state index in [1.807, 2.05) is 6.92 Å². The summed E-state index contributed by atoms with van der Waals surface area (Å²) in [5.74, 6) is 0.810. The van der Waals surface area contributed by atoms with Gasteiger partial charge in [0.1, 0.15) is 6.26 Å². The van der Waals surface area contributed by atoms with Gasteiger partial charge in [0.25, 0.3) is 0 Å². The van der Waals surface area contributed by atoms with Gasteiger partial charge < -0.3 is 4.42 Å². The van der Waals surface area contributed by atoms with Crippen LogP contribution >= 0.6 is 0 Å². The smallest absolute Gasteiger partial charge is 0.373 e. The van der Waals surface area contributed by atoms with Crippen molar-refractivity contribution in [3.8, 4) is 0 Å². The number of aromatic nitrogens is 1. The highest BCUT2D eigenvalue weighted by Crippen LogP contribution is 2.20. The molecule has 1 rings (SSSR count). The number of rotatable bonds is 0. The Morgan fingerprint density at radius 2 is 1.85 bits per heavy atom. The van der Waals surface area contributed by atoms with E-state index in [0.29, 0.717) is 0 Å². The molecule has 0 fully saturated rings. The van der Waals surface area contributed by atoms with Gasteiger partial charge in [-0.1, -0.05) is 20.8 Å². The van der Waals surface area contributed by atoms with Crippen molar-refractivity contribution in [3.63, 3.8) is 0 Å². The molecule has 0 aliphatic carbocycles. The zero-order valence-electron chi connectivity index (χ0n) is 8.25. The molecule has 0 aliphatic rings. The summed E-state index contributed by atoms with van der Waals surface area (Å²) in [6.45, 7) is 8.17. The molecule has 0 unspecified atom stereocenters. The van der Waals surface area contributed by atoms with Crippen LogP contribution in [0.1, 0.15) is 32.4 Å². The first kappa shape index (κ1) is 11.6. The molecule has 0 atom stereocenters. The molecule has 0 saturated heterocycles. The van der Waals surface area contributed by atoms with Gasteiger partial charge in [0.15, 0.2) is 5.89 Å². The molecule has 4 heteroatoms. The van der Waals surface area contributed by atoms with Gasteiger partial charge in [-0.3, -0.25) is 0 Å². The van der Waals surface area contributed by atoms with Crippen molar-refractivity contribution in [2.45, 2.75) is 33.1 Å². The van der Waals surface area contributed by atoms with Gasteiger partial charge in [0, 0.05) is 5.41 Å². The Bertz CT molecular complexity index is 290. The van der Waals surface area contributed by atoms with Gasteiger partial charge in [-0.15, -0.1) is 0 Å². The maximum absolute atomic E-state index is 8.12. The first-order valence-corrected chi connectivity index (χ1v) is 3.83. The average Bonchev–Trinajstić information content (AvgIpc) is 2.35. The topological polar surface area (TPSA) is 60.2 Å². The van der Waals surface area contributed by atoms with E-state index < -0.39 is 0 Å². The van der Waals surface area contributed by atoms with E-state index >= 15 is 0 Å². The fraction of sp³-hybridized carbons (Fsp3) is 0.556. The summed E-state index contributed by atoms with van der Waals surface area (Å²) in [4.78, 5) is 20.5. The highest BCUT2D eigenvalue weighted by Gasteiger charge is 2.18. The monoisotopic (exact) mass is 183 g/mol. The maximum atomic E-state index is 8.12. The lowest BCUT2D eigenvalue weighted by Gasteiger charge is -2.11. The van der Waals surface area contributed by atoms with E-state index in [-0.39, 0.29) is 11.6 Å². The van der Waals surface area contributed by atoms with Crippen LogP contribution in [0.25, 0.3) is 0 Å². The number of aryl methyl sites for hydroxylation is 1. The minimum atomic E-state index is 0.0360. The second-order valence-electron chi connectivity index (χ2n) is 3.63. The molecule has 1 heterocycles. The fourth-order valence-electron chi connectivity index (χ4n) is 0.698. The zero-order chi connectivity index (χ0) is 10.5. The summed E-state index contributed by atoms with van der Waals surface area (Å²) in [5, 5.41) is 0. The first-order valence-electron chi connectivity index (χ1n) is 3.83. The Morgan fingerprint density at radius 1 is 1.38 bits per heavy atom. The maximum Gasteiger partial charge on any atom is 0.373 e. The molecule has 13 heavy (non-hydrogen) atoms. The van der Waals surface area contributed by atoms with E-state index in [0.717, 1.165) is 11.6 Å². The third-order valence-corrected chi connectivity index (χ3v) is 1.26. The van der Waals surface area contributed by atoms with E-state index in [2.05, 4.69) is 25.8 Å². The van der Waals surface area contributed by atoms with Crippen LogP contribution in [0.2, 0.25) is 0 Å². The normalized spacial score (nSPS) is 9.85. The fourth-order valence-corrected chi connectivity index (χ4v) is 0.698. The lowest BCUT2D eigenvalue weighted by molar-refractivity contribution is -0.191. The number of nitrogens with zero attached hydrogens (tertiary/aromatic N) is 1. The van der Waals surface area contributed by atoms with Gasteiger partial charge in [-0.25, -0.2) is 4.98 Å². The van der Waals surface area contributed by atoms with E-state index in [4.69, 9.17) is 14.0 Å². The van der Waals surface area contributed by atoms with E-state index in [9.17, 15) is 0 Å². The van der Waals surface area contributed by atoms with Gasteiger partial charge in [0.05, 0.1) is 5.69 Å². The Hall–Kier alpha value is -1.41. The van der Waals surface area contributed by atoms with E-state index in [1.165, 1.54) is 0 Å². The molecule has 0 bridgehead atoms. The highest BCUT2D eigenvalue weighted by atomic mass is 16.3. The van der Waals surface area contributed by atoms with Crippen molar-refractivity contribution in [1.82, 2.24) is 4.98 Å². The Morgan fingerprint density at radius 3 is 2.00 bits per heavy atom. The van der Waals surface area contributed by atoms with Crippen molar-refractivity contribution in [2.75, 3.05) is 0 Å². The third kappa shape index (κ3) is 4.23. The van der Waals surface area contributed by atoms with Crippen molar-refractivity contribution < 1.29 is 14.0 Å². The molecule has 0 radical (unpaired) electrons. The third-order valence-electron chi connectivity index (χ3n) is 1.26. The number of carbonyl (C=O) groups excluding carboxylic acids is 2. The van der Waals surface area contributed by atoms with Gasteiger partial charge in [-0.05, 0) is 6.92 Å². The minimum Gasteiger partial charge on any atom is -0.448 e.